The van der Waals surface area contributed by atoms with Gasteiger partial charge in [0.15, 0.2) is 5.79 Å². The third-order valence-corrected chi connectivity index (χ3v) is 20.9. The van der Waals surface area contributed by atoms with Gasteiger partial charge in [0.05, 0.1) is 100 Å². The molecule has 12 rings (SSSR count). The Morgan fingerprint density at radius 2 is 1.46 bits per heavy atom. The van der Waals surface area contributed by atoms with Crippen molar-refractivity contribution in [2.75, 3.05) is 58.5 Å². The van der Waals surface area contributed by atoms with Gasteiger partial charge in [-0.05, 0) is 98.5 Å². The zero-order chi connectivity index (χ0) is 69.4. The summed E-state index contributed by atoms with van der Waals surface area (Å²) >= 11 is 0. The Morgan fingerprint density at radius 3 is 2.21 bits per heavy atom. The second-order valence-corrected chi connectivity index (χ2v) is 28.3. The number of aliphatic hydroxyl groups excluding tert-OH is 1. The van der Waals surface area contributed by atoms with Crippen LogP contribution >= 0.6 is 0 Å². The molecular weight excluding hydrogens is 1270 g/mol. The molecule has 6 unspecified atom stereocenters. The molecule has 11 aliphatic rings. The lowest BCUT2D eigenvalue weighted by molar-refractivity contribution is -0.292. The molecule has 0 radical (unpaired) electrons. The second kappa shape index (κ2) is 33.0. The summed E-state index contributed by atoms with van der Waals surface area (Å²) in [6.45, 7) is 14.9. The number of ether oxygens (including phenoxy) is 12. The molecule has 10 saturated heterocycles. The van der Waals surface area contributed by atoms with Gasteiger partial charge in [0, 0.05) is 88.9 Å². The van der Waals surface area contributed by atoms with Gasteiger partial charge in [0.1, 0.15) is 55.0 Å². The molecule has 540 valence electrons. The number of hydrogen-bond acceptors (Lipinski definition) is 21. The summed E-state index contributed by atoms with van der Waals surface area (Å²) in [7, 11) is 1.58. The number of anilines is 1. The first-order valence-electron chi connectivity index (χ1n) is 35.1. The number of nitrogens with two attached hydrogens (primary N) is 1. The first-order valence-corrected chi connectivity index (χ1v) is 35.1. The monoisotopic (exact) mass is 1370 g/mol. The number of carbonyl (C=O) groups excluding carboxylic acids is 8. The molecular formula is C70H99N7O21. The van der Waals surface area contributed by atoms with E-state index in [4.69, 9.17) is 62.6 Å². The van der Waals surface area contributed by atoms with E-state index >= 15 is 0 Å². The molecule has 1 spiro atoms. The molecule has 1 aromatic carbocycles. The molecule has 28 heteroatoms. The number of hydrogen-bond donors (Lipinski definition) is 7. The van der Waals surface area contributed by atoms with E-state index in [0.717, 1.165) is 48.2 Å². The number of alkyl carbamates (subject to hydrolysis) is 1. The lowest BCUT2D eigenvalue weighted by Crippen LogP contribution is -2.61. The van der Waals surface area contributed by atoms with Crippen molar-refractivity contribution < 1.29 is 100 Å². The first kappa shape index (κ1) is 73.0. The molecule has 11 aliphatic heterocycles. The molecule has 21 atom stereocenters. The molecule has 98 heavy (non-hydrogen) atoms. The summed E-state index contributed by atoms with van der Waals surface area (Å²) in [6, 6.07) is 3.60. The number of nitrogens with zero attached hydrogens (tertiary/aromatic N) is 1. The second-order valence-electron chi connectivity index (χ2n) is 28.3. The van der Waals surface area contributed by atoms with Gasteiger partial charge in [-0.2, -0.15) is 0 Å². The fraction of sp³-hybridized carbons (Fsp3) is 0.714. The van der Waals surface area contributed by atoms with Gasteiger partial charge in [0.2, 0.25) is 17.7 Å². The Kier molecular flexibility index (Phi) is 24.6. The summed E-state index contributed by atoms with van der Waals surface area (Å²) in [5.74, 6) is -3.98. The van der Waals surface area contributed by atoms with Crippen LogP contribution in [-0.2, 0) is 92.2 Å². The Hall–Kier alpha value is -6.28. The molecule has 12 bridgehead atoms. The van der Waals surface area contributed by atoms with Gasteiger partial charge in [-0.15, -0.1) is 0 Å². The fourth-order valence-electron chi connectivity index (χ4n) is 15.7. The zero-order valence-corrected chi connectivity index (χ0v) is 56.6. The smallest absolute Gasteiger partial charge is 0.407 e. The minimum atomic E-state index is -1.11. The van der Waals surface area contributed by atoms with Crippen molar-refractivity contribution in [3.63, 3.8) is 0 Å². The van der Waals surface area contributed by atoms with E-state index in [-0.39, 0.29) is 170 Å². The topological polar surface area (TPSA) is 357 Å². The lowest BCUT2D eigenvalue weighted by Gasteiger charge is -2.47. The van der Waals surface area contributed by atoms with Crippen LogP contribution in [0.5, 0.6) is 0 Å². The third-order valence-electron chi connectivity index (χ3n) is 20.9. The summed E-state index contributed by atoms with van der Waals surface area (Å²) < 4.78 is 77.3. The molecule has 0 saturated carbocycles. The highest BCUT2D eigenvalue weighted by atomic mass is 16.8. The van der Waals surface area contributed by atoms with Crippen molar-refractivity contribution in [3.05, 3.63) is 66.3 Å². The van der Waals surface area contributed by atoms with Gasteiger partial charge in [-0.3, -0.25) is 33.7 Å². The van der Waals surface area contributed by atoms with Crippen LogP contribution in [0.2, 0.25) is 0 Å². The lowest BCUT2D eigenvalue weighted by atomic mass is 9.81. The van der Waals surface area contributed by atoms with E-state index in [0.29, 0.717) is 43.4 Å². The number of urea groups is 1. The quantitative estimate of drug-likeness (QED) is 0.0394. The van der Waals surface area contributed by atoms with Crippen LogP contribution in [0.3, 0.4) is 0 Å². The summed E-state index contributed by atoms with van der Waals surface area (Å²) in [6.07, 6.45) is 3.08. The Balaban J connectivity index is 0.658. The van der Waals surface area contributed by atoms with Crippen molar-refractivity contribution in [2.45, 2.75) is 246 Å². The minimum absolute atomic E-state index is 0.00733. The molecule has 11 heterocycles. The van der Waals surface area contributed by atoms with E-state index in [1.54, 1.807) is 45.2 Å². The summed E-state index contributed by atoms with van der Waals surface area (Å²) in [5, 5.41) is 25.0. The van der Waals surface area contributed by atoms with E-state index < -0.39 is 102 Å². The molecule has 8 N–H and O–H groups in total. The van der Waals surface area contributed by atoms with Crippen molar-refractivity contribution in [1.29, 1.82) is 0 Å². The molecule has 0 aromatic heterocycles. The highest BCUT2D eigenvalue weighted by Gasteiger charge is 2.69. The van der Waals surface area contributed by atoms with Crippen LogP contribution in [0, 0.1) is 17.8 Å². The SMILES string of the molecule is C=C1C[C@@H]2CC[C@@]34C[C@H]5O[C@H]6[C@@H](O3)[C@H]3OC(CC[C@@H]3O[C@H]6[C@H]5O4)CC(=O)C[C@H]3C(CC4O[C@@H](CCC1O2)C[C@@H](C)C4=C)OC(C[C@H](O)CNC(=O)OCc1ccc(NC(=O)C(CCCNC(N)=O)NC(=O)[C@@H](NC(=O)CCOCCOCCN2C(=O)C=CC2=O)C(C)C)cc1)[C@@H]3OC. The Morgan fingerprint density at radius 1 is 0.745 bits per heavy atom. The summed E-state index contributed by atoms with van der Waals surface area (Å²) in [4.78, 5) is 104. The Labute approximate surface area is 571 Å². The molecule has 1 aromatic rings. The van der Waals surface area contributed by atoms with Gasteiger partial charge >= 0.3 is 12.1 Å². The number of nitrogens with one attached hydrogen (secondary N) is 5. The van der Waals surface area contributed by atoms with E-state index in [1.165, 1.54) is 12.2 Å². The number of rotatable bonds is 26. The molecule has 8 amide bonds. The number of amides is 8. The number of benzene rings is 1. The number of carbonyl (C=O) groups is 8. The Bertz CT molecular complexity index is 3060. The van der Waals surface area contributed by atoms with Crippen molar-refractivity contribution in [3.8, 4) is 0 Å². The maximum Gasteiger partial charge on any atom is 0.407 e. The minimum Gasteiger partial charge on any atom is -0.445 e. The van der Waals surface area contributed by atoms with E-state index in [9.17, 15) is 43.5 Å². The average Bonchev–Trinajstić information content (AvgIpc) is 1.55. The average molecular weight is 1370 g/mol. The van der Waals surface area contributed by atoms with Gasteiger partial charge < -0.3 is 94.3 Å². The third kappa shape index (κ3) is 18.1. The fourth-order valence-corrected chi connectivity index (χ4v) is 15.7. The standard InChI is InChI=1S/C70H99N7O21/c1-37(2)59(76-56(80)20-24-88-26-27-89-25-23-77-57(81)17-18-58(77)82)67(84)75-49(8-7-22-72-68(71)85)66(83)74-42-11-9-41(10-12-42)36-90-69(86)73-35-44(79)32-54-60(87-6)48-31-43(78)30-46-14-16-51-61(93-46)65-64-63(95-51)62-55(96-64)34-70(97-62,98-65)21-19-47-29-39(4)50(91-47)15-13-45-28-38(3)40(5)52(92-45)33-53(48)94-54/h9-12,17-18,37-38,44-55,59-65,79H,4-5,7-8,13-16,19-36H2,1-3,6H3,(H,73,86)(H,74,83)(H,75,84)(H,76,80)(H3,71,72,85)/t38-,44+,45+,46?,47+,48+,49?,50?,51+,52?,53?,54?,55-,59+,60-,61+,62+,63+,64-,65+,70+/m1/s1. The van der Waals surface area contributed by atoms with Gasteiger partial charge in [-0.25, -0.2) is 9.59 Å². The number of ketones is 1. The number of imide groups is 1. The largest absolute Gasteiger partial charge is 0.445 e. The number of Topliss-reactive ketones (excluding diaryl/α,β-unsaturated/α-hetero) is 1. The van der Waals surface area contributed by atoms with Crippen LogP contribution in [0.4, 0.5) is 15.3 Å². The number of fused-ring (bicyclic) bond motifs is 6. The number of aliphatic hydroxyl groups is 1. The highest BCUT2D eigenvalue weighted by Crippen LogP contribution is 2.54. The van der Waals surface area contributed by atoms with Crippen LogP contribution in [-0.4, -0.2) is 226 Å². The first-order chi connectivity index (χ1) is 47.1. The molecule has 0 aliphatic carbocycles. The predicted molar refractivity (Wildman–Crippen MR) is 348 cm³/mol. The number of methoxy groups -OCH3 is 1. The van der Waals surface area contributed by atoms with Crippen LogP contribution in [0.1, 0.15) is 129 Å². The van der Waals surface area contributed by atoms with Crippen molar-refractivity contribution >= 4 is 53.1 Å². The van der Waals surface area contributed by atoms with Crippen LogP contribution in [0.25, 0.3) is 0 Å². The zero-order valence-electron chi connectivity index (χ0n) is 56.6. The van der Waals surface area contributed by atoms with Gasteiger partial charge in [-0.1, -0.05) is 46.1 Å². The predicted octanol–water partition coefficient (Wildman–Crippen LogP) is 3.77. The maximum atomic E-state index is 14.5. The molecule has 28 nitrogen and oxygen atoms in total. The van der Waals surface area contributed by atoms with Crippen molar-refractivity contribution in [2.24, 2.45) is 23.5 Å². The maximum absolute atomic E-state index is 14.5. The van der Waals surface area contributed by atoms with Crippen LogP contribution in [0.15, 0.2) is 60.7 Å². The normalized spacial score (nSPS) is 34.4. The summed E-state index contributed by atoms with van der Waals surface area (Å²) in [5.41, 5.74) is 8.22. The van der Waals surface area contributed by atoms with Crippen molar-refractivity contribution in [1.82, 2.24) is 26.2 Å². The molecule has 10 fully saturated rings. The van der Waals surface area contributed by atoms with Gasteiger partial charge in [0.25, 0.3) is 11.8 Å². The van der Waals surface area contributed by atoms with E-state index in [2.05, 4.69) is 46.7 Å². The van der Waals surface area contributed by atoms with Crippen LogP contribution < -0.4 is 32.3 Å². The highest BCUT2D eigenvalue weighted by molar-refractivity contribution is 6.12. The van der Waals surface area contributed by atoms with E-state index in [1.807, 2.05) is 0 Å². The number of primary amides is 1.